The topological polar surface area (TPSA) is 93.0 Å². The van der Waals surface area contributed by atoms with Gasteiger partial charge in [-0.1, -0.05) is 41.9 Å². The fourth-order valence-corrected chi connectivity index (χ4v) is 5.43. The highest BCUT2D eigenvalue weighted by Crippen LogP contribution is 2.25. The molecule has 2 heterocycles. The van der Waals surface area contributed by atoms with E-state index in [-0.39, 0.29) is 41.4 Å². The van der Waals surface area contributed by atoms with Crippen LogP contribution in [0.3, 0.4) is 0 Å². The zero-order chi connectivity index (χ0) is 26.4. The third-order valence-corrected chi connectivity index (χ3v) is 7.65. The number of benzene rings is 2. The first-order valence-electron chi connectivity index (χ1n) is 12.0. The Bertz CT molecular complexity index is 1260. The lowest BCUT2D eigenvalue weighted by atomic mass is 10.1. The Morgan fingerprint density at radius 2 is 1.92 bits per heavy atom. The molecule has 0 saturated carbocycles. The maximum atomic E-state index is 13.7. The first-order chi connectivity index (χ1) is 17.8. The van der Waals surface area contributed by atoms with Crippen LogP contribution in [0.15, 0.2) is 60.0 Å². The van der Waals surface area contributed by atoms with Crippen molar-refractivity contribution in [3.8, 4) is 0 Å². The van der Waals surface area contributed by atoms with Crippen molar-refractivity contribution in [1.82, 2.24) is 9.80 Å². The van der Waals surface area contributed by atoms with Gasteiger partial charge in [0.2, 0.25) is 5.91 Å². The average Bonchev–Trinajstić information content (AvgIpc) is 3.55. The first kappa shape index (κ1) is 26.8. The zero-order valence-corrected chi connectivity index (χ0v) is 22.0. The van der Waals surface area contributed by atoms with E-state index in [1.165, 1.54) is 17.0 Å². The van der Waals surface area contributed by atoms with Gasteiger partial charge < -0.3 is 14.5 Å². The minimum absolute atomic E-state index is 0.0284. The van der Waals surface area contributed by atoms with Crippen LogP contribution >= 0.6 is 22.9 Å². The van der Waals surface area contributed by atoms with E-state index in [1.807, 2.05) is 48.7 Å². The molecule has 37 heavy (non-hydrogen) atoms. The van der Waals surface area contributed by atoms with Gasteiger partial charge >= 0.3 is 0 Å². The van der Waals surface area contributed by atoms with Gasteiger partial charge in [-0.25, -0.2) is 0 Å². The SMILES string of the molecule is Cc1ccsc1CN(Cc1ccccc1)C(=O)CN(CC1CCCO1)C(=O)c1ccc([N+](=O)[O-])cc1Cl. The quantitative estimate of drug-likeness (QED) is 0.251. The molecule has 1 aromatic heterocycles. The smallest absolute Gasteiger partial charge is 0.270 e. The Hall–Kier alpha value is -3.27. The van der Waals surface area contributed by atoms with Crippen LogP contribution in [0, 0.1) is 17.0 Å². The summed E-state index contributed by atoms with van der Waals surface area (Å²) in [6.07, 6.45) is 1.49. The van der Waals surface area contributed by atoms with E-state index in [4.69, 9.17) is 16.3 Å². The van der Waals surface area contributed by atoms with Crippen LogP contribution in [0.4, 0.5) is 5.69 Å². The summed E-state index contributed by atoms with van der Waals surface area (Å²) in [4.78, 5) is 42.1. The van der Waals surface area contributed by atoms with Crippen molar-refractivity contribution >= 4 is 40.4 Å². The molecule has 10 heteroatoms. The number of amides is 2. The van der Waals surface area contributed by atoms with Gasteiger partial charge in [-0.3, -0.25) is 19.7 Å². The normalized spacial score (nSPS) is 14.9. The molecule has 1 fully saturated rings. The van der Waals surface area contributed by atoms with E-state index < -0.39 is 10.8 Å². The first-order valence-corrected chi connectivity index (χ1v) is 13.3. The van der Waals surface area contributed by atoms with E-state index in [9.17, 15) is 19.7 Å². The number of hydrogen-bond acceptors (Lipinski definition) is 6. The van der Waals surface area contributed by atoms with Gasteiger partial charge in [0.1, 0.15) is 6.54 Å². The molecular formula is C27H28ClN3O5S. The Labute approximate surface area is 224 Å². The molecule has 0 bridgehead atoms. The van der Waals surface area contributed by atoms with Gasteiger partial charge in [0, 0.05) is 36.7 Å². The van der Waals surface area contributed by atoms with Crippen LogP contribution in [-0.4, -0.2) is 52.3 Å². The number of carbonyl (C=O) groups is 2. The molecule has 2 aromatic carbocycles. The number of nitrogens with zero attached hydrogens (tertiary/aromatic N) is 3. The lowest BCUT2D eigenvalue weighted by molar-refractivity contribution is -0.384. The van der Waals surface area contributed by atoms with E-state index >= 15 is 0 Å². The third kappa shape index (κ3) is 6.94. The van der Waals surface area contributed by atoms with Crippen LogP contribution in [0.2, 0.25) is 5.02 Å². The summed E-state index contributed by atoms with van der Waals surface area (Å²) < 4.78 is 5.75. The molecular weight excluding hydrogens is 514 g/mol. The summed E-state index contributed by atoms with van der Waals surface area (Å²) in [6.45, 7) is 3.52. The highest BCUT2D eigenvalue weighted by atomic mass is 35.5. The van der Waals surface area contributed by atoms with E-state index in [1.54, 1.807) is 16.2 Å². The van der Waals surface area contributed by atoms with Crippen LogP contribution in [0.25, 0.3) is 0 Å². The summed E-state index contributed by atoms with van der Waals surface area (Å²) >= 11 is 7.86. The van der Waals surface area contributed by atoms with Crippen molar-refractivity contribution in [1.29, 1.82) is 0 Å². The molecule has 1 unspecified atom stereocenters. The standard InChI is InChI=1S/C27H28ClN3O5S/c1-19-11-13-37-25(19)17-29(15-20-6-3-2-4-7-20)26(32)18-30(16-22-8-5-12-36-22)27(33)23-10-9-21(31(34)35)14-24(23)28/h2-4,6-7,9-11,13-14,22H,5,8,12,15-18H2,1H3. The number of aryl methyl sites for hydroxylation is 1. The van der Waals surface area contributed by atoms with Gasteiger partial charge in [0.25, 0.3) is 11.6 Å². The predicted molar refractivity (Wildman–Crippen MR) is 143 cm³/mol. The minimum Gasteiger partial charge on any atom is -0.376 e. The molecule has 0 N–H and O–H groups in total. The second-order valence-corrected chi connectivity index (χ2v) is 10.4. The van der Waals surface area contributed by atoms with Crippen LogP contribution in [-0.2, 0) is 22.6 Å². The van der Waals surface area contributed by atoms with Gasteiger partial charge in [0.05, 0.1) is 28.2 Å². The lowest BCUT2D eigenvalue weighted by Gasteiger charge is -2.29. The molecule has 8 nitrogen and oxygen atoms in total. The maximum Gasteiger partial charge on any atom is 0.270 e. The summed E-state index contributed by atoms with van der Waals surface area (Å²) in [7, 11) is 0. The Kier molecular flexibility index (Phi) is 8.91. The fourth-order valence-electron chi connectivity index (χ4n) is 4.25. The Balaban J connectivity index is 1.59. The average molecular weight is 542 g/mol. The summed E-state index contributed by atoms with van der Waals surface area (Å²) in [6, 6.07) is 15.5. The lowest BCUT2D eigenvalue weighted by Crippen LogP contribution is -2.45. The Morgan fingerprint density at radius 3 is 2.54 bits per heavy atom. The van der Waals surface area contributed by atoms with Gasteiger partial charge in [-0.2, -0.15) is 0 Å². The van der Waals surface area contributed by atoms with Crippen molar-refractivity contribution in [2.45, 2.75) is 39.0 Å². The van der Waals surface area contributed by atoms with E-state index in [2.05, 4.69) is 0 Å². The third-order valence-electron chi connectivity index (χ3n) is 6.33. The largest absolute Gasteiger partial charge is 0.376 e. The molecule has 0 spiro atoms. The highest BCUT2D eigenvalue weighted by molar-refractivity contribution is 7.10. The van der Waals surface area contributed by atoms with Crippen molar-refractivity contribution in [2.75, 3.05) is 19.7 Å². The van der Waals surface area contributed by atoms with E-state index in [0.717, 1.165) is 34.9 Å². The van der Waals surface area contributed by atoms with Crippen molar-refractivity contribution in [3.05, 3.63) is 96.7 Å². The zero-order valence-electron chi connectivity index (χ0n) is 20.5. The number of hydrogen-bond donors (Lipinski definition) is 0. The molecule has 1 aliphatic rings. The number of nitro benzene ring substituents is 1. The Morgan fingerprint density at radius 1 is 1.14 bits per heavy atom. The summed E-state index contributed by atoms with van der Waals surface area (Å²) in [5, 5.41) is 13.1. The van der Waals surface area contributed by atoms with Gasteiger partial charge in [-0.15, -0.1) is 11.3 Å². The van der Waals surface area contributed by atoms with Gasteiger partial charge in [-0.05, 0) is 48.4 Å². The number of halogens is 1. The second-order valence-electron chi connectivity index (χ2n) is 9.00. The highest BCUT2D eigenvalue weighted by Gasteiger charge is 2.29. The fraction of sp³-hybridized carbons (Fsp3) is 0.333. The van der Waals surface area contributed by atoms with Gasteiger partial charge in [0.15, 0.2) is 0 Å². The van der Waals surface area contributed by atoms with Crippen LogP contribution < -0.4 is 0 Å². The minimum atomic E-state index is -0.568. The summed E-state index contributed by atoms with van der Waals surface area (Å²) in [5.41, 5.74) is 2.01. The second kappa shape index (κ2) is 12.3. The number of carbonyl (C=O) groups excluding carboxylic acids is 2. The molecule has 3 aromatic rings. The number of ether oxygens (including phenoxy) is 1. The molecule has 0 aliphatic carbocycles. The molecule has 1 saturated heterocycles. The number of thiophene rings is 1. The predicted octanol–water partition coefficient (Wildman–Crippen LogP) is 5.47. The molecule has 194 valence electrons. The number of rotatable bonds is 10. The monoisotopic (exact) mass is 541 g/mol. The van der Waals surface area contributed by atoms with Crippen molar-refractivity contribution in [3.63, 3.8) is 0 Å². The molecule has 4 rings (SSSR count). The molecule has 1 aliphatic heterocycles. The maximum absolute atomic E-state index is 13.7. The van der Waals surface area contributed by atoms with Crippen molar-refractivity contribution in [2.24, 2.45) is 0 Å². The molecule has 1 atom stereocenters. The molecule has 2 amide bonds. The van der Waals surface area contributed by atoms with Crippen LogP contribution in [0.1, 0.15) is 39.2 Å². The number of non-ortho nitro benzene ring substituents is 1. The van der Waals surface area contributed by atoms with Crippen LogP contribution in [0.5, 0.6) is 0 Å². The number of nitro groups is 1. The van der Waals surface area contributed by atoms with E-state index in [0.29, 0.717) is 19.7 Å². The molecule has 0 radical (unpaired) electrons. The summed E-state index contributed by atoms with van der Waals surface area (Å²) in [5.74, 6) is -0.670. The van der Waals surface area contributed by atoms with Crippen molar-refractivity contribution < 1.29 is 19.2 Å².